The number of rotatable bonds is 32. The van der Waals surface area contributed by atoms with Crippen molar-refractivity contribution in [3.63, 3.8) is 0 Å². The van der Waals surface area contributed by atoms with Gasteiger partial charge >= 0.3 is 0 Å². The summed E-state index contributed by atoms with van der Waals surface area (Å²) < 4.78 is 0. The van der Waals surface area contributed by atoms with Gasteiger partial charge in [0.25, 0.3) is 0 Å². The van der Waals surface area contributed by atoms with Crippen molar-refractivity contribution in [1.82, 2.24) is 0 Å². The van der Waals surface area contributed by atoms with Gasteiger partial charge in [-0.2, -0.15) is 0 Å². The highest BCUT2D eigenvalue weighted by atomic mass is 16.3. The van der Waals surface area contributed by atoms with Gasteiger partial charge in [0.05, 0.1) is 11.4 Å². The predicted molar refractivity (Wildman–Crippen MR) is 297 cm³/mol. The Bertz CT molecular complexity index is 2320. The maximum absolute atomic E-state index is 15.5. The second-order valence-electron chi connectivity index (χ2n) is 21.0. The summed E-state index contributed by atoms with van der Waals surface area (Å²) in [5.74, 6) is -1.53. The first-order chi connectivity index (χ1) is 34.4. The summed E-state index contributed by atoms with van der Waals surface area (Å²) in [5.41, 5.74) is 3.58. The number of nitrogens with zero attached hydrogens (tertiary/aromatic N) is 2. The third kappa shape index (κ3) is 12.4. The first-order valence-electron chi connectivity index (χ1n) is 28.5. The number of anilines is 2. The van der Waals surface area contributed by atoms with Gasteiger partial charge in [-0.3, -0.25) is 0 Å². The minimum absolute atomic E-state index is 0.121. The van der Waals surface area contributed by atoms with E-state index in [1.54, 1.807) is 12.1 Å². The number of aromatic hydroxyl groups is 2. The normalized spacial score (nSPS) is 17.0. The number of unbranched alkanes of at least 4 members (excludes halogenated alkanes) is 20. The fourth-order valence-corrected chi connectivity index (χ4v) is 12.2. The molecule has 0 spiro atoms. The van der Waals surface area contributed by atoms with Crippen molar-refractivity contribution in [2.24, 2.45) is 0 Å². The van der Waals surface area contributed by atoms with Gasteiger partial charge in [-0.1, -0.05) is 229 Å². The Kier molecular flexibility index (Phi) is 20.8. The average Bonchev–Trinajstić information content (AvgIpc) is 3.37. The summed E-state index contributed by atoms with van der Waals surface area (Å²) >= 11 is 0. The van der Waals surface area contributed by atoms with Gasteiger partial charge in [0.15, 0.2) is 0 Å². The van der Waals surface area contributed by atoms with Crippen LogP contribution in [0.3, 0.4) is 0 Å². The monoisotopic (exact) mass is 949 g/mol. The van der Waals surface area contributed by atoms with E-state index >= 15 is 10.2 Å². The van der Waals surface area contributed by atoms with Crippen molar-refractivity contribution in [1.29, 1.82) is 0 Å². The van der Waals surface area contributed by atoms with Crippen LogP contribution in [0.2, 0.25) is 0 Å². The SMILES string of the molecule is CCCCCCCCN(CCCCCCCC)c1c2ccccc2c(C2C([O-])C(c3c4ccccc4c(N(CCCCCCCC)CCCCCCCC)c4cccc(O)c34)C2[O-])c2c(O)cccc12. The van der Waals surface area contributed by atoms with E-state index in [1.807, 2.05) is 24.3 Å². The predicted octanol–water partition coefficient (Wildman–Crippen LogP) is 16.1. The Morgan fingerprint density at radius 1 is 0.343 bits per heavy atom. The fourth-order valence-electron chi connectivity index (χ4n) is 12.2. The van der Waals surface area contributed by atoms with E-state index in [1.165, 1.54) is 128 Å². The number of fused-ring (bicyclic) bond motifs is 4. The van der Waals surface area contributed by atoms with Crippen LogP contribution in [0.1, 0.15) is 205 Å². The van der Waals surface area contributed by atoms with Crippen LogP contribution in [0.15, 0.2) is 84.9 Å². The maximum atomic E-state index is 15.5. The van der Waals surface area contributed by atoms with Crippen molar-refractivity contribution >= 4 is 54.5 Å². The van der Waals surface area contributed by atoms with Crippen molar-refractivity contribution in [2.45, 2.75) is 206 Å². The van der Waals surface area contributed by atoms with Gasteiger partial charge in [-0.05, 0) is 71.6 Å². The number of benzene rings is 6. The largest absolute Gasteiger partial charge is 0.851 e. The van der Waals surface area contributed by atoms with E-state index in [4.69, 9.17) is 0 Å². The van der Waals surface area contributed by atoms with E-state index in [0.717, 1.165) is 95.6 Å². The molecule has 0 bridgehead atoms. The lowest BCUT2D eigenvalue weighted by molar-refractivity contribution is -0.535. The molecule has 1 fully saturated rings. The molecule has 380 valence electrons. The highest BCUT2D eigenvalue weighted by molar-refractivity contribution is 6.17. The first kappa shape index (κ1) is 53.3. The van der Waals surface area contributed by atoms with Crippen molar-refractivity contribution in [3.05, 3.63) is 96.1 Å². The Morgan fingerprint density at radius 2 is 0.614 bits per heavy atom. The number of phenols is 2. The summed E-state index contributed by atoms with van der Waals surface area (Å²) in [7, 11) is 0. The Balaban J connectivity index is 1.29. The average molecular weight is 949 g/mol. The van der Waals surface area contributed by atoms with Gasteiger partial charge < -0.3 is 30.2 Å². The lowest BCUT2D eigenvalue weighted by atomic mass is 9.60. The molecule has 6 heteroatoms. The molecule has 1 aliphatic carbocycles. The number of phenolic OH excluding ortho intramolecular Hbond substituents is 2. The van der Waals surface area contributed by atoms with Gasteiger partial charge in [-0.25, -0.2) is 0 Å². The fraction of sp³-hybridized carbons (Fsp3) is 0.562. The van der Waals surface area contributed by atoms with Crippen molar-refractivity contribution in [3.8, 4) is 11.5 Å². The molecule has 0 saturated heterocycles. The summed E-state index contributed by atoms with van der Waals surface area (Å²) in [4.78, 5) is 5.12. The van der Waals surface area contributed by atoms with Crippen LogP contribution in [-0.2, 0) is 0 Å². The molecule has 7 rings (SSSR count). The molecule has 0 aliphatic heterocycles. The smallest absolute Gasteiger partial charge is 0.123 e. The Hall–Kier alpha value is -4.52. The summed E-state index contributed by atoms with van der Waals surface area (Å²) in [5, 5.41) is 62.0. The van der Waals surface area contributed by atoms with Crippen molar-refractivity contribution < 1.29 is 20.4 Å². The van der Waals surface area contributed by atoms with Crippen LogP contribution in [0.5, 0.6) is 11.5 Å². The second-order valence-corrected chi connectivity index (χ2v) is 21.0. The van der Waals surface area contributed by atoms with E-state index < -0.39 is 24.0 Å². The zero-order chi connectivity index (χ0) is 49.2. The number of hydrogen-bond acceptors (Lipinski definition) is 6. The standard InChI is InChI=1S/C64H88N2O4/c1-5-9-13-17-21-29-43-65(44-30-22-18-14-10-6-2)61-49-37-27-25-35-47(49)57(55-51(61)39-33-41-53(55)67)59-63(69)60(64(59)70)58-48-36-26-28-38-50(48)62(52-40-34-42-54(68)56(52)58)66(45-31-23-19-15-11-7-3)46-32-24-20-16-12-8-4/h25-28,33-42,59-60,63-64,67-68H,5-24,29-32,43-46H2,1-4H3/q-2. The third-order valence-electron chi connectivity index (χ3n) is 15.9. The molecule has 0 atom stereocenters. The number of hydrogen-bond donors (Lipinski definition) is 2. The van der Waals surface area contributed by atoms with E-state index in [-0.39, 0.29) is 11.5 Å². The second kappa shape index (κ2) is 27.3. The molecule has 0 unspecified atom stereocenters. The lowest BCUT2D eigenvalue weighted by Crippen LogP contribution is -2.63. The summed E-state index contributed by atoms with van der Waals surface area (Å²) in [6.07, 6.45) is 26.6. The minimum atomic E-state index is -1.29. The van der Waals surface area contributed by atoms with Crippen LogP contribution >= 0.6 is 0 Å². The molecule has 2 N–H and O–H groups in total. The highest BCUT2D eigenvalue weighted by Gasteiger charge is 2.43. The van der Waals surface area contributed by atoms with E-state index in [2.05, 4.69) is 86.0 Å². The molecular weight excluding hydrogens is 861 g/mol. The van der Waals surface area contributed by atoms with Crippen LogP contribution in [0, 0.1) is 0 Å². The van der Waals surface area contributed by atoms with Crippen LogP contribution in [0.4, 0.5) is 11.4 Å². The summed E-state index contributed by atoms with van der Waals surface area (Å²) in [6.45, 7) is 12.7. The molecule has 70 heavy (non-hydrogen) atoms. The molecule has 1 saturated carbocycles. The molecule has 0 amide bonds. The Morgan fingerprint density at radius 3 is 0.929 bits per heavy atom. The van der Waals surface area contributed by atoms with Crippen LogP contribution < -0.4 is 20.0 Å². The molecule has 0 aromatic heterocycles. The van der Waals surface area contributed by atoms with Crippen LogP contribution in [-0.4, -0.2) is 48.6 Å². The zero-order valence-electron chi connectivity index (χ0n) is 43.8. The van der Waals surface area contributed by atoms with E-state index in [9.17, 15) is 10.2 Å². The van der Waals surface area contributed by atoms with Gasteiger partial charge in [-0.15, -0.1) is 12.2 Å². The lowest BCUT2D eigenvalue weighted by Gasteiger charge is -2.62. The van der Waals surface area contributed by atoms with Gasteiger partial charge in [0.2, 0.25) is 0 Å². The molecule has 0 radical (unpaired) electrons. The molecule has 1 aliphatic rings. The molecule has 6 nitrogen and oxygen atoms in total. The third-order valence-corrected chi connectivity index (χ3v) is 15.9. The van der Waals surface area contributed by atoms with Gasteiger partial charge in [0, 0.05) is 58.5 Å². The van der Waals surface area contributed by atoms with Gasteiger partial charge in [0.1, 0.15) is 11.5 Å². The van der Waals surface area contributed by atoms with Crippen molar-refractivity contribution in [2.75, 3.05) is 36.0 Å². The molecule has 0 heterocycles. The quantitative estimate of drug-likeness (QED) is 0.0323. The Labute approximate surface area is 422 Å². The minimum Gasteiger partial charge on any atom is -0.851 e. The first-order valence-corrected chi connectivity index (χ1v) is 28.5. The van der Waals surface area contributed by atoms with Crippen LogP contribution in [0.25, 0.3) is 43.1 Å². The molecule has 6 aromatic carbocycles. The summed E-state index contributed by atoms with van der Waals surface area (Å²) in [6, 6.07) is 28.2. The highest BCUT2D eigenvalue weighted by Crippen LogP contribution is 2.56. The molecular formula is C64H88N2O4-2. The maximum Gasteiger partial charge on any atom is 0.123 e. The molecule has 6 aromatic rings. The topological polar surface area (TPSA) is 93.1 Å². The zero-order valence-corrected chi connectivity index (χ0v) is 43.8. The van der Waals surface area contributed by atoms with E-state index in [0.29, 0.717) is 21.9 Å².